The van der Waals surface area contributed by atoms with Crippen LogP contribution in [0.25, 0.3) is 0 Å². The molecule has 0 aliphatic rings. The van der Waals surface area contributed by atoms with Gasteiger partial charge in [0.1, 0.15) is 11.5 Å². The first kappa shape index (κ1) is 27.0. The van der Waals surface area contributed by atoms with Gasteiger partial charge in [-0.2, -0.15) is 0 Å². The van der Waals surface area contributed by atoms with Crippen molar-refractivity contribution in [2.24, 2.45) is 0 Å². The van der Waals surface area contributed by atoms with Crippen LogP contribution in [0.4, 0.5) is 5.69 Å². The number of amides is 1. The predicted octanol–water partition coefficient (Wildman–Crippen LogP) is 3.87. The van der Waals surface area contributed by atoms with Gasteiger partial charge in [0.05, 0.1) is 30.5 Å². The lowest BCUT2D eigenvalue weighted by molar-refractivity contribution is -0.118. The van der Waals surface area contributed by atoms with Gasteiger partial charge in [-0.15, -0.1) is 0 Å². The van der Waals surface area contributed by atoms with E-state index in [1.165, 1.54) is 31.4 Å². The lowest BCUT2D eigenvalue weighted by atomic mass is 10.1. The fourth-order valence-electron chi connectivity index (χ4n) is 3.56. The molecule has 194 valence electrons. The monoisotopic (exact) mass is 508 g/mol. The molecule has 3 aromatic rings. The first-order chi connectivity index (χ1) is 17.7. The van der Waals surface area contributed by atoms with Crippen molar-refractivity contribution in [3.63, 3.8) is 0 Å². The minimum atomic E-state index is -0.706. The molecule has 1 aromatic heterocycles. The van der Waals surface area contributed by atoms with E-state index >= 15 is 0 Å². The number of hydrogen-bond donors (Lipinski definition) is 2. The number of ether oxygens (including phenoxy) is 4. The minimum absolute atomic E-state index is 0.185. The maximum absolute atomic E-state index is 12.6. The molecule has 0 saturated heterocycles. The van der Waals surface area contributed by atoms with E-state index in [0.717, 1.165) is 0 Å². The number of aromatic nitrogens is 1. The fraction of sp³-hybridized carbons (Fsp3) is 0.259. The zero-order valence-electron chi connectivity index (χ0n) is 21.0. The Hall–Kier alpha value is -4.60. The van der Waals surface area contributed by atoms with E-state index in [4.69, 9.17) is 18.9 Å². The highest BCUT2D eigenvalue weighted by molar-refractivity contribution is 6.03. The zero-order chi connectivity index (χ0) is 26.9. The molecule has 2 aromatic carbocycles. The van der Waals surface area contributed by atoms with E-state index in [9.17, 15) is 19.2 Å². The minimum Gasteiger partial charge on any atom is -0.497 e. The van der Waals surface area contributed by atoms with Crippen LogP contribution in [0.1, 0.15) is 49.4 Å². The van der Waals surface area contributed by atoms with Gasteiger partial charge in [0.15, 0.2) is 13.2 Å². The molecule has 1 amide bonds. The van der Waals surface area contributed by atoms with Crippen LogP contribution in [0.2, 0.25) is 0 Å². The maximum Gasteiger partial charge on any atom is 0.340 e. The number of H-pyrrole nitrogens is 1. The third kappa shape index (κ3) is 6.97. The first-order valence-electron chi connectivity index (χ1n) is 11.5. The summed E-state index contributed by atoms with van der Waals surface area (Å²) in [4.78, 5) is 52.1. The van der Waals surface area contributed by atoms with Crippen molar-refractivity contribution in [3.05, 3.63) is 76.6 Å². The van der Waals surface area contributed by atoms with Crippen LogP contribution in [0.5, 0.6) is 11.5 Å². The van der Waals surface area contributed by atoms with Crippen LogP contribution >= 0.6 is 0 Å². The number of nitrogens with one attached hydrogen (secondary N) is 2. The molecule has 0 bridgehead atoms. The molecule has 0 atom stereocenters. The first-order valence-corrected chi connectivity index (χ1v) is 11.5. The van der Waals surface area contributed by atoms with Crippen LogP contribution in [-0.4, -0.2) is 55.5 Å². The third-order valence-electron chi connectivity index (χ3n) is 5.34. The van der Waals surface area contributed by atoms with Crippen LogP contribution in [0.3, 0.4) is 0 Å². The number of rotatable bonds is 11. The van der Waals surface area contributed by atoms with Gasteiger partial charge in [-0.05, 0) is 62.7 Å². The molecular weight excluding hydrogens is 480 g/mol. The van der Waals surface area contributed by atoms with E-state index in [1.807, 2.05) is 0 Å². The quantitative estimate of drug-likeness (QED) is 0.295. The summed E-state index contributed by atoms with van der Waals surface area (Å²) >= 11 is 0. The molecule has 0 saturated carbocycles. The molecule has 0 fully saturated rings. The normalized spacial score (nSPS) is 10.4. The van der Waals surface area contributed by atoms with Gasteiger partial charge in [0.2, 0.25) is 5.78 Å². The van der Waals surface area contributed by atoms with E-state index in [0.29, 0.717) is 34.0 Å². The average molecular weight is 509 g/mol. The Morgan fingerprint density at radius 3 is 2.30 bits per heavy atom. The second kappa shape index (κ2) is 12.4. The highest BCUT2D eigenvalue weighted by atomic mass is 16.5. The summed E-state index contributed by atoms with van der Waals surface area (Å²) in [5, 5.41) is 2.70. The lowest BCUT2D eigenvalue weighted by Crippen LogP contribution is -2.20. The van der Waals surface area contributed by atoms with Gasteiger partial charge in [0, 0.05) is 17.4 Å². The number of carbonyl (C=O) groups is 4. The Morgan fingerprint density at radius 2 is 1.62 bits per heavy atom. The Labute approximate surface area is 213 Å². The summed E-state index contributed by atoms with van der Waals surface area (Å²) in [6, 6.07) is 12.9. The van der Waals surface area contributed by atoms with Crippen molar-refractivity contribution in [1.82, 2.24) is 4.98 Å². The summed E-state index contributed by atoms with van der Waals surface area (Å²) in [5.41, 5.74) is 2.19. The van der Waals surface area contributed by atoms with Crippen molar-refractivity contribution in [2.45, 2.75) is 20.8 Å². The summed E-state index contributed by atoms with van der Waals surface area (Å²) in [6.07, 6.45) is 0. The van der Waals surface area contributed by atoms with Gasteiger partial charge in [-0.25, -0.2) is 9.59 Å². The topological polar surface area (TPSA) is 133 Å². The molecule has 0 aliphatic heterocycles. The SMILES string of the molecule is CCOC(=O)c1c(C)[nH]c(C(=O)COC(=O)c2ccc(OCC(=O)Nc3cccc(OC)c3)cc2)c1C. The largest absolute Gasteiger partial charge is 0.497 e. The summed E-state index contributed by atoms with van der Waals surface area (Å²) in [6.45, 7) is 4.45. The van der Waals surface area contributed by atoms with Crippen LogP contribution in [0.15, 0.2) is 48.5 Å². The summed E-state index contributed by atoms with van der Waals surface area (Å²) in [5.74, 6) is -1.09. The molecule has 0 spiro atoms. The highest BCUT2D eigenvalue weighted by Crippen LogP contribution is 2.20. The molecule has 0 aliphatic carbocycles. The number of hydrogen-bond acceptors (Lipinski definition) is 8. The molecular formula is C27H28N2O8. The van der Waals surface area contributed by atoms with E-state index < -0.39 is 24.3 Å². The number of methoxy groups -OCH3 is 1. The second-order valence-electron chi connectivity index (χ2n) is 7.94. The number of aromatic amines is 1. The smallest absolute Gasteiger partial charge is 0.340 e. The summed E-state index contributed by atoms with van der Waals surface area (Å²) in [7, 11) is 1.54. The zero-order valence-corrected chi connectivity index (χ0v) is 21.0. The van der Waals surface area contributed by atoms with Crippen LogP contribution in [0, 0.1) is 13.8 Å². The van der Waals surface area contributed by atoms with Crippen molar-refractivity contribution in [2.75, 3.05) is 32.2 Å². The molecule has 0 unspecified atom stereocenters. The number of benzene rings is 2. The second-order valence-corrected chi connectivity index (χ2v) is 7.94. The number of Topliss-reactive ketones (excluding diaryl/α,β-unsaturated/α-hetero) is 1. The van der Waals surface area contributed by atoms with Crippen LogP contribution in [-0.2, 0) is 14.3 Å². The van der Waals surface area contributed by atoms with Crippen molar-refractivity contribution in [1.29, 1.82) is 0 Å². The molecule has 10 nitrogen and oxygen atoms in total. The van der Waals surface area contributed by atoms with E-state index in [2.05, 4.69) is 10.3 Å². The standard InChI is InChI=1S/C27H28N2O8/c1-5-35-27(33)24-16(2)25(28-17(24)3)22(30)14-37-26(32)18-9-11-20(12-10-18)36-15-23(31)29-19-7-6-8-21(13-19)34-4/h6-13,28H,5,14-15H2,1-4H3,(H,29,31). The lowest BCUT2D eigenvalue weighted by Gasteiger charge is -2.09. The van der Waals surface area contributed by atoms with Gasteiger partial charge >= 0.3 is 11.9 Å². The van der Waals surface area contributed by atoms with Gasteiger partial charge in [-0.1, -0.05) is 6.07 Å². The molecule has 2 N–H and O–H groups in total. The number of ketones is 1. The van der Waals surface area contributed by atoms with Gasteiger partial charge in [-0.3, -0.25) is 9.59 Å². The highest BCUT2D eigenvalue weighted by Gasteiger charge is 2.23. The average Bonchev–Trinajstić information content (AvgIpc) is 3.20. The van der Waals surface area contributed by atoms with Crippen molar-refractivity contribution in [3.8, 4) is 11.5 Å². The summed E-state index contributed by atoms with van der Waals surface area (Å²) < 4.78 is 20.7. The fourth-order valence-corrected chi connectivity index (χ4v) is 3.56. The van der Waals surface area contributed by atoms with Gasteiger partial charge in [0.25, 0.3) is 5.91 Å². The Kier molecular flexibility index (Phi) is 9.04. The predicted molar refractivity (Wildman–Crippen MR) is 134 cm³/mol. The molecule has 10 heteroatoms. The Morgan fingerprint density at radius 1 is 0.892 bits per heavy atom. The molecule has 1 heterocycles. The Bertz CT molecular complexity index is 1290. The van der Waals surface area contributed by atoms with Crippen molar-refractivity contribution < 1.29 is 38.1 Å². The van der Waals surface area contributed by atoms with E-state index in [-0.39, 0.29) is 30.4 Å². The third-order valence-corrected chi connectivity index (χ3v) is 5.34. The van der Waals surface area contributed by atoms with E-state index in [1.54, 1.807) is 45.0 Å². The Balaban J connectivity index is 1.51. The molecule has 0 radical (unpaired) electrons. The molecule has 37 heavy (non-hydrogen) atoms. The van der Waals surface area contributed by atoms with Gasteiger partial charge < -0.3 is 29.2 Å². The maximum atomic E-state index is 12.6. The number of esters is 2. The number of carbonyl (C=O) groups excluding carboxylic acids is 4. The van der Waals surface area contributed by atoms with Crippen molar-refractivity contribution >= 4 is 29.3 Å². The van der Waals surface area contributed by atoms with Crippen LogP contribution < -0.4 is 14.8 Å². The molecule has 3 rings (SSSR count). The number of anilines is 1. The number of aryl methyl sites for hydroxylation is 1.